The molecule has 0 saturated carbocycles. The number of hydrogen-bond acceptors (Lipinski definition) is 2. The summed E-state index contributed by atoms with van der Waals surface area (Å²) < 4.78 is 2.15. The first-order valence-electron chi connectivity index (χ1n) is 4.91. The Balaban J connectivity index is 2.21. The van der Waals surface area contributed by atoms with Gasteiger partial charge in [-0.1, -0.05) is 6.07 Å². The van der Waals surface area contributed by atoms with Crippen LogP contribution in [0, 0.1) is 0 Å². The van der Waals surface area contributed by atoms with Gasteiger partial charge < -0.3 is 5.32 Å². The molecule has 1 aromatic carbocycles. The predicted molar refractivity (Wildman–Crippen MR) is 78.2 cm³/mol. The van der Waals surface area contributed by atoms with Gasteiger partial charge in [0.2, 0.25) is 0 Å². The van der Waals surface area contributed by atoms with E-state index in [0.717, 1.165) is 14.6 Å². The Morgan fingerprint density at radius 1 is 1.19 bits per heavy atom. The third-order valence-corrected chi connectivity index (χ3v) is 4.39. The molecule has 0 saturated heterocycles. The fourth-order valence-electron chi connectivity index (χ4n) is 1.46. The van der Waals surface area contributed by atoms with E-state index in [2.05, 4.69) is 60.9 Å². The summed E-state index contributed by atoms with van der Waals surface area (Å²) in [5, 5.41) is 7.76. The molecule has 0 bridgehead atoms. The number of nitrogens with one attached hydrogen (secondary N) is 1. The van der Waals surface area contributed by atoms with Crippen LogP contribution in [-0.2, 0) is 0 Å². The lowest BCUT2D eigenvalue weighted by Crippen LogP contribution is -2.06. The quantitative estimate of drug-likeness (QED) is 0.767. The van der Waals surface area contributed by atoms with Gasteiger partial charge in [0.25, 0.3) is 0 Å². The summed E-state index contributed by atoms with van der Waals surface area (Å²) >= 11 is 8.82. The first-order valence-corrected chi connectivity index (χ1v) is 7.44. The van der Waals surface area contributed by atoms with E-state index >= 15 is 0 Å². The highest BCUT2D eigenvalue weighted by Gasteiger charge is 2.10. The van der Waals surface area contributed by atoms with Crippen LogP contribution >= 0.6 is 43.2 Å². The van der Waals surface area contributed by atoms with Crippen LogP contribution in [-0.4, -0.2) is 0 Å². The maximum atomic E-state index is 3.55. The van der Waals surface area contributed by atoms with Crippen molar-refractivity contribution in [3.05, 3.63) is 49.5 Å². The summed E-state index contributed by atoms with van der Waals surface area (Å²) in [5.41, 5.74) is 2.41. The van der Waals surface area contributed by atoms with E-state index in [1.54, 1.807) is 11.3 Å². The molecule has 0 fully saturated rings. The van der Waals surface area contributed by atoms with Crippen molar-refractivity contribution >= 4 is 48.9 Å². The third kappa shape index (κ3) is 2.67. The van der Waals surface area contributed by atoms with Gasteiger partial charge >= 0.3 is 0 Å². The zero-order valence-electron chi connectivity index (χ0n) is 8.71. The molecular formula is C12H11Br2NS. The number of anilines is 1. The van der Waals surface area contributed by atoms with Crippen LogP contribution in [0.1, 0.15) is 18.5 Å². The van der Waals surface area contributed by atoms with Gasteiger partial charge in [0.05, 0.1) is 5.69 Å². The van der Waals surface area contributed by atoms with Crippen molar-refractivity contribution in [3.63, 3.8) is 0 Å². The zero-order valence-corrected chi connectivity index (χ0v) is 12.7. The van der Waals surface area contributed by atoms with Gasteiger partial charge in [-0.2, -0.15) is 11.3 Å². The maximum absolute atomic E-state index is 3.55. The smallest absolute Gasteiger partial charge is 0.0633 e. The van der Waals surface area contributed by atoms with Crippen molar-refractivity contribution in [1.29, 1.82) is 0 Å². The average Bonchev–Trinajstić information content (AvgIpc) is 2.76. The summed E-state index contributed by atoms with van der Waals surface area (Å²) in [6.45, 7) is 2.16. The Labute approximate surface area is 116 Å². The fourth-order valence-corrected chi connectivity index (χ4v) is 3.44. The standard InChI is InChI=1S/C12H11Br2NS/c1-8(9-5-6-16-7-9)15-12-10(13)3-2-4-11(12)14/h2-8,15H,1H3. The highest BCUT2D eigenvalue weighted by molar-refractivity contribution is 9.11. The van der Waals surface area contributed by atoms with Gasteiger partial charge in [0.1, 0.15) is 0 Å². The molecule has 2 aromatic rings. The molecule has 16 heavy (non-hydrogen) atoms. The van der Waals surface area contributed by atoms with Crippen molar-refractivity contribution < 1.29 is 0 Å². The van der Waals surface area contributed by atoms with Crippen LogP contribution < -0.4 is 5.32 Å². The lowest BCUT2D eigenvalue weighted by Gasteiger charge is -2.16. The lowest BCUT2D eigenvalue weighted by atomic mass is 10.1. The van der Waals surface area contributed by atoms with E-state index in [9.17, 15) is 0 Å². The average molecular weight is 361 g/mol. The normalized spacial score (nSPS) is 12.4. The Kier molecular flexibility index (Phi) is 4.05. The second-order valence-electron chi connectivity index (χ2n) is 3.52. The second-order valence-corrected chi connectivity index (χ2v) is 6.01. The first-order chi connectivity index (χ1) is 7.68. The van der Waals surface area contributed by atoms with E-state index < -0.39 is 0 Å². The summed E-state index contributed by atoms with van der Waals surface area (Å²) in [7, 11) is 0. The Bertz CT molecular complexity index is 448. The van der Waals surface area contributed by atoms with Crippen LogP contribution in [0.3, 0.4) is 0 Å². The number of benzene rings is 1. The Morgan fingerprint density at radius 2 is 1.88 bits per heavy atom. The zero-order chi connectivity index (χ0) is 11.5. The van der Waals surface area contributed by atoms with Gasteiger partial charge in [-0.05, 0) is 73.3 Å². The molecule has 0 radical (unpaired) electrons. The minimum absolute atomic E-state index is 0.307. The summed E-state index contributed by atoms with van der Waals surface area (Å²) in [6, 6.07) is 8.53. The summed E-state index contributed by atoms with van der Waals surface area (Å²) in [4.78, 5) is 0. The van der Waals surface area contributed by atoms with Crippen LogP contribution in [0.25, 0.3) is 0 Å². The molecule has 84 valence electrons. The number of hydrogen-bond donors (Lipinski definition) is 1. The van der Waals surface area contributed by atoms with Crippen molar-refractivity contribution in [1.82, 2.24) is 0 Å². The Hall–Kier alpha value is -0.320. The highest BCUT2D eigenvalue weighted by atomic mass is 79.9. The molecule has 1 N–H and O–H groups in total. The number of rotatable bonds is 3. The van der Waals surface area contributed by atoms with Gasteiger partial charge in [-0.3, -0.25) is 0 Å². The monoisotopic (exact) mass is 359 g/mol. The fraction of sp³-hybridized carbons (Fsp3) is 0.167. The minimum atomic E-state index is 0.307. The molecule has 0 aliphatic heterocycles. The van der Waals surface area contributed by atoms with Crippen molar-refractivity contribution in [2.75, 3.05) is 5.32 Å². The van der Waals surface area contributed by atoms with E-state index in [1.807, 2.05) is 18.2 Å². The number of thiophene rings is 1. The highest BCUT2D eigenvalue weighted by Crippen LogP contribution is 2.33. The molecule has 1 unspecified atom stereocenters. The molecule has 0 amide bonds. The SMILES string of the molecule is CC(Nc1c(Br)cccc1Br)c1ccsc1. The molecule has 0 spiro atoms. The van der Waals surface area contributed by atoms with Crippen molar-refractivity contribution in [3.8, 4) is 0 Å². The van der Waals surface area contributed by atoms with E-state index in [4.69, 9.17) is 0 Å². The predicted octanol–water partition coefficient (Wildman–Crippen LogP) is 5.45. The molecule has 2 rings (SSSR count). The summed E-state index contributed by atoms with van der Waals surface area (Å²) in [5.74, 6) is 0. The number of para-hydroxylation sites is 1. The van der Waals surface area contributed by atoms with E-state index in [-0.39, 0.29) is 0 Å². The molecular weight excluding hydrogens is 350 g/mol. The molecule has 1 atom stereocenters. The molecule has 4 heteroatoms. The maximum Gasteiger partial charge on any atom is 0.0633 e. The molecule has 1 aromatic heterocycles. The van der Waals surface area contributed by atoms with Gasteiger partial charge in [0, 0.05) is 15.0 Å². The topological polar surface area (TPSA) is 12.0 Å². The van der Waals surface area contributed by atoms with Crippen molar-refractivity contribution in [2.45, 2.75) is 13.0 Å². The van der Waals surface area contributed by atoms with Gasteiger partial charge in [-0.25, -0.2) is 0 Å². The minimum Gasteiger partial charge on any atom is -0.377 e. The van der Waals surface area contributed by atoms with E-state index in [0.29, 0.717) is 6.04 Å². The van der Waals surface area contributed by atoms with E-state index in [1.165, 1.54) is 5.56 Å². The Morgan fingerprint density at radius 3 is 2.44 bits per heavy atom. The lowest BCUT2D eigenvalue weighted by molar-refractivity contribution is 0.888. The molecule has 0 aliphatic carbocycles. The van der Waals surface area contributed by atoms with Crippen LogP contribution in [0.15, 0.2) is 44.0 Å². The second kappa shape index (κ2) is 5.34. The molecule has 1 heterocycles. The first kappa shape index (κ1) is 12.1. The van der Waals surface area contributed by atoms with Gasteiger partial charge in [0.15, 0.2) is 0 Å². The van der Waals surface area contributed by atoms with Crippen LogP contribution in [0.5, 0.6) is 0 Å². The van der Waals surface area contributed by atoms with Gasteiger partial charge in [-0.15, -0.1) is 0 Å². The number of halogens is 2. The molecule has 1 nitrogen and oxygen atoms in total. The largest absolute Gasteiger partial charge is 0.377 e. The summed E-state index contributed by atoms with van der Waals surface area (Å²) in [6.07, 6.45) is 0. The van der Waals surface area contributed by atoms with Crippen LogP contribution in [0.4, 0.5) is 5.69 Å². The van der Waals surface area contributed by atoms with Crippen molar-refractivity contribution in [2.24, 2.45) is 0 Å². The molecule has 0 aliphatic rings. The van der Waals surface area contributed by atoms with Crippen LogP contribution in [0.2, 0.25) is 0 Å². The third-order valence-electron chi connectivity index (χ3n) is 2.37.